The Labute approximate surface area is 118 Å². The van der Waals surface area contributed by atoms with E-state index in [-0.39, 0.29) is 25.3 Å². The van der Waals surface area contributed by atoms with E-state index < -0.39 is 15.9 Å². The van der Waals surface area contributed by atoms with Crippen molar-refractivity contribution < 1.29 is 17.9 Å². The summed E-state index contributed by atoms with van der Waals surface area (Å²) in [7, 11) is -3.41. The van der Waals surface area contributed by atoms with Gasteiger partial charge < -0.3 is 16.2 Å². The first kappa shape index (κ1) is 16.3. The quantitative estimate of drug-likeness (QED) is 0.431. The Hall–Kier alpha value is -1.80. The zero-order chi connectivity index (χ0) is 15.0. The molecule has 0 aromatic heterocycles. The van der Waals surface area contributed by atoms with Gasteiger partial charge >= 0.3 is 0 Å². The highest BCUT2D eigenvalue weighted by atomic mass is 32.2. The second kappa shape index (κ2) is 7.71. The van der Waals surface area contributed by atoms with E-state index in [1.54, 1.807) is 24.3 Å². The Morgan fingerprint density at radius 2 is 1.90 bits per heavy atom. The van der Waals surface area contributed by atoms with Crippen LogP contribution in [-0.2, 0) is 14.8 Å². The summed E-state index contributed by atoms with van der Waals surface area (Å²) in [6.45, 7) is 0.224. The molecule has 0 heterocycles. The number of hydrogen-bond donors (Lipinski definition) is 3. The number of benzene rings is 1. The fraction of sp³-hybridized carbons (Fsp3) is 0.417. The standard InChI is InChI=1S/C12H19N3O4S/c13-10-3-5-11(6-4-10)19-8-9-20(17,18)15-7-1-2-12(14)16/h3-6,15H,1-2,7-9,13H2,(H2,14,16). The molecule has 0 fully saturated rings. The average Bonchev–Trinajstić information content (AvgIpc) is 2.37. The molecule has 1 aromatic rings. The average molecular weight is 301 g/mol. The summed E-state index contributed by atoms with van der Waals surface area (Å²) in [5.74, 6) is -0.0486. The lowest BCUT2D eigenvalue weighted by Gasteiger charge is -2.08. The Morgan fingerprint density at radius 1 is 1.25 bits per heavy atom. The number of anilines is 1. The van der Waals surface area contributed by atoms with Crippen molar-refractivity contribution >= 4 is 21.6 Å². The third-order valence-electron chi connectivity index (χ3n) is 2.42. The van der Waals surface area contributed by atoms with Crippen LogP contribution in [0.4, 0.5) is 5.69 Å². The maximum atomic E-state index is 11.6. The van der Waals surface area contributed by atoms with Gasteiger partial charge in [0.1, 0.15) is 12.4 Å². The van der Waals surface area contributed by atoms with Gasteiger partial charge in [-0.1, -0.05) is 0 Å². The summed E-state index contributed by atoms with van der Waals surface area (Å²) >= 11 is 0. The Balaban J connectivity index is 2.25. The van der Waals surface area contributed by atoms with Crippen molar-refractivity contribution in [3.63, 3.8) is 0 Å². The summed E-state index contributed by atoms with van der Waals surface area (Å²) in [4.78, 5) is 10.5. The molecule has 1 amide bonds. The molecule has 0 atom stereocenters. The molecule has 8 heteroatoms. The van der Waals surface area contributed by atoms with E-state index in [0.29, 0.717) is 17.9 Å². The first-order valence-electron chi connectivity index (χ1n) is 6.13. The highest BCUT2D eigenvalue weighted by Crippen LogP contribution is 2.12. The summed E-state index contributed by atoms with van der Waals surface area (Å²) in [5, 5.41) is 0. The van der Waals surface area contributed by atoms with Gasteiger partial charge in [0.05, 0.1) is 5.75 Å². The molecule has 1 aromatic carbocycles. The molecule has 112 valence electrons. The molecule has 0 unspecified atom stereocenters. The predicted octanol–water partition coefficient (Wildman–Crippen LogP) is -0.167. The molecule has 0 saturated heterocycles. The third-order valence-corrected chi connectivity index (χ3v) is 3.77. The highest BCUT2D eigenvalue weighted by molar-refractivity contribution is 7.89. The fourth-order valence-electron chi connectivity index (χ4n) is 1.40. The van der Waals surface area contributed by atoms with Crippen LogP contribution in [-0.4, -0.2) is 33.2 Å². The molecule has 0 saturated carbocycles. The number of sulfonamides is 1. The maximum absolute atomic E-state index is 11.6. The van der Waals surface area contributed by atoms with Crippen molar-refractivity contribution in [1.82, 2.24) is 4.72 Å². The number of ether oxygens (including phenoxy) is 1. The van der Waals surface area contributed by atoms with Crippen LogP contribution >= 0.6 is 0 Å². The second-order valence-corrected chi connectivity index (χ2v) is 6.13. The largest absolute Gasteiger partial charge is 0.492 e. The first-order valence-corrected chi connectivity index (χ1v) is 7.78. The number of nitrogens with one attached hydrogen (secondary N) is 1. The molecule has 0 aliphatic heterocycles. The van der Waals surface area contributed by atoms with Crippen LogP contribution in [0.2, 0.25) is 0 Å². The predicted molar refractivity (Wildman–Crippen MR) is 76.6 cm³/mol. The van der Waals surface area contributed by atoms with Crippen LogP contribution in [0.3, 0.4) is 0 Å². The Kier molecular flexibility index (Phi) is 6.26. The molecular formula is C12H19N3O4S. The maximum Gasteiger partial charge on any atom is 0.217 e. The van der Waals surface area contributed by atoms with Crippen LogP contribution in [0, 0.1) is 0 Å². The number of primary amides is 1. The third kappa shape index (κ3) is 6.95. The zero-order valence-electron chi connectivity index (χ0n) is 11.0. The summed E-state index contributed by atoms with van der Waals surface area (Å²) < 4.78 is 30.9. The lowest BCUT2D eigenvalue weighted by Crippen LogP contribution is -2.30. The van der Waals surface area contributed by atoms with Crippen LogP contribution in [0.25, 0.3) is 0 Å². The van der Waals surface area contributed by atoms with Crippen LogP contribution < -0.4 is 20.9 Å². The van der Waals surface area contributed by atoms with Gasteiger partial charge in [-0.25, -0.2) is 13.1 Å². The SMILES string of the molecule is NC(=O)CCCNS(=O)(=O)CCOc1ccc(N)cc1. The first-order chi connectivity index (χ1) is 9.39. The Bertz CT molecular complexity index is 528. The number of carbonyl (C=O) groups is 1. The van der Waals surface area contributed by atoms with E-state index in [1.807, 2.05) is 0 Å². The van der Waals surface area contributed by atoms with Crippen molar-refractivity contribution in [3.05, 3.63) is 24.3 Å². The summed E-state index contributed by atoms with van der Waals surface area (Å²) in [5.41, 5.74) is 11.1. The van der Waals surface area contributed by atoms with Crippen LogP contribution in [0.5, 0.6) is 5.75 Å². The van der Waals surface area contributed by atoms with E-state index in [1.165, 1.54) is 0 Å². The Morgan fingerprint density at radius 3 is 2.50 bits per heavy atom. The van der Waals surface area contributed by atoms with Crippen molar-refractivity contribution in [1.29, 1.82) is 0 Å². The van der Waals surface area contributed by atoms with Gasteiger partial charge in [-0.3, -0.25) is 4.79 Å². The highest BCUT2D eigenvalue weighted by Gasteiger charge is 2.10. The molecule has 0 radical (unpaired) electrons. The van der Waals surface area contributed by atoms with Crippen LogP contribution in [0.15, 0.2) is 24.3 Å². The van der Waals surface area contributed by atoms with E-state index in [0.717, 1.165) is 0 Å². The van der Waals surface area contributed by atoms with Crippen molar-refractivity contribution in [2.75, 3.05) is 24.6 Å². The number of hydrogen-bond acceptors (Lipinski definition) is 5. The van der Waals surface area contributed by atoms with Crippen molar-refractivity contribution in [2.24, 2.45) is 5.73 Å². The van der Waals surface area contributed by atoms with Gasteiger partial charge in [-0.05, 0) is 30.7 Å². The molecule has 0 aliphatic rings. The minimum atomic E-state index is -3.41. The minimum absolute atomic E-state index is 0.0368. The van der Waals surface area contributed by atoms with E-state index >= 15 is 0 Å². The second-order valence-electron chi connectivity index (χ2n) is 4.20. The van der Waals surface area contributed by atoms with E-state index in [9.17, 15) is 13.2 Å². The summed E-state index contributed by atoms with van der Waals surface area (Å²) in [6.07, 6.45) is 0.540. The monoisotopic (exact) mass is 301 g/mol. The minimum Gasteiger partial charge on any atom is -0.492 e. The van der Waals surface area contributed by atoms with Gasteiger partial charge in [0, 0.05) is 18.7 Å². The van der Waals surface area contributed by atoms with Crippen LogP contribution in [0.1, 0.15) is 12.8 Å². The lowest BCUT2D eigenvalue weighted by molar-refractivity contribution is -0.118. The van der Waals surface area contributed by atoms with E-state index in [4.69, 9.17) is 16.2 Å². The lowest BCUT2D eigenvalue weighted by atomic mass is 10.3. The normalized spacial score (nSPS) is 11.2. The summed E-state index contributed by atoms with van der Waals surface area (Å²) in [6, 6.07) is 6.68. The molecule has 20 heavy (non-hydrogen) atoms. The molecule has 1 rings (SSSR count). The van der Waals surface area contributed by atoms with Gasteiger partial charge in [0.2, 0.25) is 15.9 Å². The number of carbonyl (C=O) groups excluding carboxylic acids is 1. The molecule has 7 nitrogen and oxygen atoms in total. The van der Waals surface area contributed by atoms with E-state index in [2.05, 4.69) is 4.72 Å². The van der Waals surface area contributed by atoms with Gasteiger partial charge in [-0.2, -0.15) is 0 Å². The van der Waals surface area contributed by atoms with Gasteiger partial charge in [0.15, 0.2) is 0 Å². The smallest absolute Gasteiger partial charge is 0.217 e. The topological polar surface area (TPSA) is 125 Å². The molecule has 0 bridgehead atoms. The van der Waals surface area contributed by atoms with Crippen molar-refractivity contribution in [2.45, 2.75) is 12.8 Å². The number of nitrogen functional groups attached to an aromatic ring is 1. The number of nitrogens with two attached hydrogens (primary N) is 2. The molecule has 0 spiro atoms. The molecular weight excluding hydrogens is 282 g/mol. The number of amides is 1. The molecule has 5 N–H and O–H groups in total. The van der Waals surface area contributed by atoms with Crippen molar-refractivity contribution in [3.8, 4) is 5.75 Å². The van der Waals surface area contributed by atoms with Gasteiger partial charge in [-0.15, -0.1) is 0 Å². The zero-order valence-corrected chi connectivity index (χ0v) is 11.9. The number of rotatable bonds is 9. The van der Waals surface area contributed by atoms with Gasteiger partial charge in [0.25, 0.3) is 0 Å². The molecule has 0 aliphatic carbocycles. The fourth-order valence-corrected chi connectivity index (χ4v) is 2.30.